The van der Waals surface area contributed by atoms with Gasteiger partial charge in [-0.3, -0.25) is 0 Å². The quantitative estimate of drug-likeness (QED) is 0.580. The van der Waals surface area contributed by atoms with Crippen LogP contribution in [-0.2, 0) is 9.53 Å². The second-order valence-corrected chi connectivity index (χ2v) is 4.09. The van der Waals surface area contributed by atoms with E-state index in [1.54, 1.807) is 13.8 Å². The lowest BCUT2D eigenvalue weighted by atomic mass is 10.1. The van der Waals surface area contributed by atoms with Crippen LogP contribution in [0, 0.1) is 6.92 Å². The third-order valence-corrected chi connectivity index (χ3v) is 2.13. The van der Waals surface area contributed by atoms with Gasteiger partial charge in [-0.2, -0.15) is 10.2 Å². The predicted octanol–water partition coefficient (Wildman–Crippen LogP) is 3.03. The van der Waals surface area contributed by atoms with Crippen LogP contribution in [0.4, 0.5) is 5.69 Å². The molecule has 1 rings (SSSR count). The highest BCUT2D eigenvalue weighted by atomic mass is 16.5. The van der Waals surface area contributed by atoms with E-state index in [1.165, 1.54) is 7.11 Å². The number of carbonyl (C=O) groups excluding carboxylic acids is 1. The molecular weight excluding hydrogens is 204 g/mol. The Bertz CT molecular complexity index is 394. The van der Waals surface area contributed by atoms with Gasteiger partial charge >= 0.3 is 5.97 Å². The second-order valence-electron chi connectivity index (χ2n) is 4.09. The van der Waals surface area contributed by atoms with Crippen molar-refractivity contribution in [1.29, 1.82) is 0 Å². The van der Waals surface area contributed by atoms with E-state index in [0.29, 0.717) is 0 Å². The minimum Gasteiger partial charge on any atom is -0.467 e. The summed E-state index contributed by atoms with van der Waals surface area (Å²) < 4.78 is 4.63. The largest absolute Gasteiger partial charge is 0.467 e. The summed E-state index contributed by atoms with van der Waals surface area (Å²) in [5.41, 5.74) is 0.938. The molecule has 0 N–H and O–H groups in total. The van der Waals surface area contributed by atoms with Crippen molar-refractivity contribution in [3.05, 3.63) is 29.8 Å². The van der Waals surface area contributed by atoms with Crippen LogP contribution in [0.2, 0.25) is 0 Å². The molecule has 0 heterocycles. The molecule has 4 nitrogen and oxygen atoms in total. The van der Waals surface area contributed by atoms with Crippen LogP contribution < -0.4 is 0 Å². The fourth-order valence-corrected chi connectivity index (χ4v) is 1.08. The summed E-state index contributed by atoms with van der Waals surface area (Å²) in [5, 5.41) is 7.99. The van der Waals surface area contributed by atoms with Gasteiger partial charge in [-0.25, -0.2) is 4.79 Å². The van der Waals surface area contributed by atoms with Crippen LogP contribution in [0.1, 0.15) is 19.4 Å². The van der Waals surface area contributed by atoms with Gasteiger partial charge in [0.25, 0.3) is 0 Å². The maximum Gasteiger partial charge on any atom is 0.335 e. The SMILES string of the molecule is COC(=O)C(C)(C)N=Nc1ccc(C)cc1. The van der Waals surface area contributed by atoms with Crippen LogP contribution in [0.15, 0.2) is 34.5 Å². The molecular formula is C12H16N2O2. The molecule has 0 amide bonds. The molecule has 0 spiro atoms. The van der Waals surface area contributed by atoms with Crippen molar-refractivity contribution in [2.45, 2.75) is 26.3 Å². The zero-order valence-corrected chi connectivity index (χ0v) is 10.0. The Hall–Kier alpha value is -1.71. The minimum absolute atomic E-state index is 0.400. The van der Waals surface area contributed by atoms with Gasteiger partial charge in [-0.05, 0) is 32.9 Å². The van der Waals surface area contributed by atoms with E-state index >= 15 is 0 Å². The lowest BCUT2D eigenvalue weighted by molar-refractivity contribution is -0.145. The molecule has 0 aliphatic rings. The molecule has 0 bridgehead atoms. The Morgan fingerprint density at radius 2 is 1.81 bits per heavy atom. The van der Waals surface area contributed by atoms with Gasteiger partial charge in [0, 0.05) is 0 Å². The van der Waals surface area contributed by atoms with Gasteiger partial charge in [-0.1, -0.05) is 17.7 Å². The highest BCUT2D eigenvalue weighted by Gasteiger charge is 2.28. The van der Waals surface area contributed by atoms with Crippen molar-refractivity contribution >= 4 is 11.7 Å². The molecule has 0 saturated carbocycles. The molecule has 0 atom stereocenters. The van der Waals surface area contributed by atoms with Crippen molar-refractivity contribution in [2.24, 2.45) is 10.2 Å². The van der Waals surface area contributed by atoms with E-state index in [4.69, 9.17) is 0 Å². The number of aryl methyl sites for hydroxylation is 1. The molecule has 0 aliphatic heterocycles. The highest BCUT2D eigenvalue weighted by molar-refractivity contribution is 5.79. The Labute approximate surface area is 95.3 Å². The van der Waals surface area contributed by atoms with Crippen molar-refractivity contribution in [3.8, 4) is 0 Å². The lowest BCUT2D eigenvalue weighted by Crippen LogP contribution is -2.30. The van der Waals surface area contributed by atoms with Gasteiger partial charge in [-0.15, -0.1) is 0 Å². The van der Waals surface area contributed by atoms with Gasteiger partial charge in [0.1, 0.15) is 0 Å². The minimum atomic E-state index is -0.945. The third kappa shape index (κ3) is 3.15. The third-order valence-electron chi connectivity index (χ3n) is 2.13. The van der Waals surface area contributed by atoms with Gasteiger partial charge in [0.05, 0.1) is 12.8 Å². The summed E-state index contributed by atoms with van der Waals surface area (Å²) in [5.74, 6) is -0.400. The normalized spacial score (nSPS) is 11.8. The van der Waals surface area contributed by atoms with Gasteiger partial charge in [0.2, 0.25) is 0 Å². The summed E-state index contributed by atoms with van der Waals surface area (Å²) in [6.07, 6.45) is 0. The Kier molecular flexibility index (Phi) is 3.77. The van der Waals surface area contributed by atoms with Gasteiger partial charge < -0.3 is 4.74 Å². The zero-order chi connectivity index (χ0) is 12.2. The van der Waals surface area contributed by atoms with E-state index < -0.39 is 11.5 Å². The fourth-order valence-electron chi connectivity index (χ4n) is 1.08. The molecule has 0 radical (unpaired) electrons. The molecule has 0 aliphatic carbocycles. The van der Waals surface area contributed by atoms with Crippen molar-refractivity contribution in [1.82, 2.24) is 0 Å². The molecule has 0 fully saturated rings. The summed E-state index contributed by atoms with van der Waals surface area (Å²) in [4.78, 5) is 11.3. The standard InChI is InChI=1S/C12H16N2O2/c1-9-5-7-10(8-6-9)13-14-12(2,3)11(15)16-4/h5-8H,1-4H3. The maximum atomic E-state index is 11.3. The zero-order valence-electron chi connectivity index (χ0n) is 10.0. The van der Waals surface area contributed by atoms with E-state index in [1.807, 2.05) is 31.2 Å². The van der Waals surface area contributed by atoms with E-state index in [9.17, 15) is 4.79 Å². The lowest BCUT2D eigenvalue weighted by Gasteiger charge is -2.13. The summed E-state index contributed by atoms with van der Waals surface area (Å²) in [6.45, 7) is 5.33. The maximum absolute atomic E-state index is 11.3. The number of hydrogen-bond acceptors (Lipinski definition) is 4. The fraction of sp³-hybridized carbons (Fsp3) is 0.417. The number of carbonyl (C=O) groups is 1. The van der Waals surface area contributed by atoms with Crippen molar-refractivity contribution < 1.29 is 9.53 Å². The molecule has 16 heavy (non-hydrogen) atoms. The van der Waals surface area contributed by atoms with E-state index in [0.717, 1.165) is 11.3 Å². The Morgan fingerprint density at radius 1 is 1.25 bits per heavy atom. The summed E-state index contributed by atoms with van der Waals surface area (Å²) >= 11 is 0. The first kappa shape index (κ1) is 12.4. The summed E-state index contributed by atoms with van der Waals surface area (Å²) in [7, 11) is 1.34. The van der Waals surface area contributed by atoms with E-state index in [2.05, 4.69) is 15.0 Å². The first-order valence-corrected chi connectivity index (χ1v) is 5.04. The molecule has 4 heteroatoms. The average molecular weight is 220 g/mol. The number of azo groups is 1. The van der Waals surface area contributed by atoms with Crippen LogP contribution in [0.25, 0.3) is 0 Å². The topological polar surface area (TPSA) is 51.0 Å². The average Bonchev–Trinajstić information content (AvgIpc) is 2.27. The molecule has 0 unspecified atom stereocenters. The molecule has 0 saturated heterocycles. The highest BCUT2D eigenvalue weighted by Crippen LogP contribution is 2.18. The van der Waals surface area contributed by atoms with Crippen molar-refractivity contribution in [3.63, 3.8) is 0 Å². The number of ether oxygens (including phenoxy) is 1. The number of methoxy groups -OCH3 is 1. The molecule has 1 aromatic rings. The van der Waals surface area contributed by atoms with Crippen LogP contribution >= 0.6 is 0 Å². The summed E-state index contributed by atoms with van der Waals surface area (Å²) in [6, 6.07) is 7.59. The number of hydrogen-bond donors (Lipinski definition) is 0. The number of benzene rings is 1. The number of rotatable bonds is 3. The van der Waals surface area contributed by atoms with Crippen LogP contribution in [0.3, 0.4) is 0 Å². The Balaban J connectivity index is 2.80. The monoisotopic (exact) mass is 220 g/mol. The first-order valence-electron chi connectivity index (χ1n) is 5.04. The van der Waals surface area contributed by atoms with Crippen LogP contribution in [0.5, 0.6) is 0 Å². The smallest absolute Gasteiger partial charge is 0.335 e. The van der Waals surface area contributed by atoms with Crippen molar-refractivity contribution in [2.75, 3.05) is 7.11 Å². The molecule has 0 aromatic heterocycles. The molecule has 1 aromatic carbocycles. The Morgan fingerprint density at radius 3 is 2.31 bits per heavy atom. The van der Waals surface area contributed by atoms with Gasteiger partial charge in [0.15, 0.2) is 5.54 Å². The molecule has 86 valence electrons. The number of esters is 1. The van der Waals surface area contributed by atoms with Crippen LogP contribution in [-0.4, -0.2) is 18.6 Å². The first-order chi connectivity index (χ1) is 7.45. The second kappa shape index (κ2) is 4.88. The predicted molar refractivity (Wildman–Crippen MR) is 61.8 cm³/mol. The number of nitrogens with zero attached hydrogens (tertiary/aromatic N) is 2. The van der Waals surface area contributed by atoms with E-state index in [-0.39, 0.29) is 0 Å².